The monoisotopic (exact) mass is 404 g/mol. The number of amides is 3. The summed E-state index contributed by atoms with van der Waals surface area (Å²) in [5.74, 6) is -0.561. The van der Waals surface area contributed by atoms with Gasteiger partial charge in [0, 0.05) is 6.54 Å². The van der Waals surface area contributed by atoms with Crippen LogP contribution in [0.15, 0.2) is 34.2 Å². The molecule has 1 aromatic carbocycles. The number of nitrogens with two attached hydrogens (primary N) is 1. The number of nitrogens with one attached hydrogen (secondary N) is 1. The number of primary amides is 1. The smallest absolute Gasteiger partial charge is 0.318 e. The van der Waals surface area contributed by atoms with Gasteiger partial charge in [-0.05, 0) is 24.5 Å². The number of carbonyl (C=O) groups excluding carboxylic acids is 2. The zero-order valence-electron chi connectivity index (χ0n) is 16.6. The molecule has 0 saturated heterocycles. The number of hydrogen-bond donors (Lipinski definition) is 2. The van der Waals surface area contributed by atoms with E-state index in [2.05, 4.69) is 17.2 Å². The summed E-state index contributed by atoms with van der Waals surface area (Å²) in [7, 11) is 0. The molecule has 0 radical (unpaired) electrons. The number of unbranched alkanes of at least 4 members (excludes halogenated alkanes) is 3. The van der Waals surface area contributed by atoms with Gasteiger partial charge in [0.2, 0.25) is 5.91 Å². The zero-order chi connectivity index (χ0) is 20.7. The van der Waals surface area contributed by atoms with Crippen molar-refractivity contribution in [3.05, 3.63) is 34.6 Å². The molecular formula is C20H28N4O3S. The van der Waals surface area contributed by atoms with E-state index in [-0.39, 0.29) is 11.5 Å². The van der Waals surface area contributed by atoms with E-state index in [9.17, 15) is 14.4 Å². The minimum absolute atomic E-state index is 0.0822. The Balaban J connectivity index is 2.42. The first-order valence-electron chi connectivity index (χ1n) is 9.61. The van der Waals surface area contributed by atoms with Crippen molar-refractivity contribution < 1.29 is 9.59 Å². The number of carbonyl (C=O) groups is 2. The zero-order valence-corrected chi connectivity index (χ0v) is 17.4. The highest BCUT2D eigenvalue weighted by Gasteiger charge is 2.27. The number of thioether (sulfide) groups is 1. The third kappa shape index (κ3) is 5.58. The number of hydrogen-bond acceptors (Lipinski definition) is 5. The first kappa shape index (κ1) is 21.9. The van der Waals surface area contributed by atoms with E-state index in [1.165, 1.54) is 11.8 Å². The highest BCUT2D eigenvalue weighted by Crippen LogP contribution is 2.28. The Morgan fingerprint density at radius 1 is 1.21 bits per heavy atom. The Hall–Kier alpha value is -2.35. The number of para-hydroxylation sites is 1. The average molecular weight is 405 g/mol. The number of urea groups is 1. The summed E-state index contributed by atoms with van der Waals surface area (Å²) in [6, 6.07) is 6.31. The summed E-state index contributed by atoms with van der Waals surface area (Å²) in [5, 5.41) is 2.59. The number of rotatable bonds is 9. The fourth-order valence-electron chi connectivity index (χ4n) is 2.93. The molecule has 0 fully saturated rings. The summed E-state index contributed by atoms with van der Waals surface area (Å²) in [6.07, 6.45) is 4.10. The summed E-state index contributed by atoms with van der Waals surface area (Å²) in [4.78, 5) is 41.2. The van der Waals surface area contributed by atoms with Gasteiger partial charge in [-0.25, -0.2) is 9.78 Å². The second-order valence-electron chi connectivity index (χ2n) is 7.06. The summed E-state index contributed by atoms with van der Waals surface area (Å²) >= 11 is 1.20. The number of aromatic nitrogens is 2. The molecule has 28 heavy (non-hydrogen) atoms. The van der Waals surface area contributed by atoms with Crippen molar-refractivity contribution in [2.24, 2.45) is 11.7 Å². The first-order chi connectivity index (χ1) is 13.3. The predicted octanol–water partition coefficient (Wildman–Crippen LogP) is 3.29. The SMILES string of the molecule is CCCCCCn1c(SC(C(=O)NC(N)=O)C(C)C)nc2ccccc2c1=O. The van der Waals surface area contributed by atoms with E-state index in [4.69, 9.17) is 5.73 Å². The van der Waals surface area contributed by atoms with Crippen molar-refractivity contribution in [3.63, 3.8) is 0 Å². The molecule has 1 aromatic heterocycles. The Bertz CT molecular complexity index is 895. The molecule has 1 unspecified atom stereocenters. The molecule has 1 heterocycles. The molecule has 0 aliphatic carbocycles. The fourth-order valence-corrected chi connectivity index (χ4v) is 4.05. The van der Waals surface area contributed by atoms with Crippen LogP contribution in [0.25, 0.3) is 10.9 Å². The predicted molar refractivity (Wildman–Crippen MR) is 112 cm³/mol. The van der Waals surface area contributed by atoms with Crippen molar-refractivity contribution in [1.82, 2.24) is 14.9 Å². The quantitative estimate of drug-likeness (QED) is 0.379. The van der Waals surface area contributed by atoms with Gasteiger partial charge in [-0.15, -0.1) is 0 Å². The maximum Gasteiger partial charge on any atom is 0.318 e. The Labute approximate surface area is 169 Å². The van der Waals surface area contributed by atoms with Gasteiger partial charge in [-0.2, -0.15) is 0 Å². The molecule has 152 valence electrons. The first-order valence-corrected chi connectivity index (χ1v) is 10.5. The number of benzene rings is 1. The van der Waals surface area contributed by atoms with Gasteiger partial charge in [-0.3, -0.25) is 19.5 Å². The topological polar surface area (TPSA) is 107 Å². The van der Waals surface area contributed by atoms with Crippen LogP contribution in [0.3, 0.4) is 0 Å². The minimum Gasteiger partial charge on any atom is -0.351 e. The average Bonchev–Trinajstić information content (AvgIpc) is 2.64. The molecule has 3 amide bonds. The molecule has 0 saturated carbocycles. The van der Waals surface area contributed by atoms with Crippen molar-refractivity contribution in [1.29, 1.82) is 0 Å². The van der Waals surface area contributed by atoms with Crippen molar-refractivity contribution in [2.75, 3.05) is 0 Å². The Morgan fingerprint density at radius 3 is 2.57 bits per heavy atom. The van der Waals surface area contributed by atoms with Crippen LogP contribution in [0.5, 0.6) is 0 Å². The van der Waals surface area contributed by atoms with E-state index in [1.54, 1.807) is 16.7 Å². The van der Waals surface area contributed by atoms with Crippen LogP contribution in [-0.4, -0.2) is 26.7 Å². The summed E-state index contributed by atoms with van der Waals surface area (Å²) in [6.45, 7) is 6.43. The molecule has 3 N–H and O–H groups in total. The second kappa shape index (κ2) is 10.3. The Morgan fingerprint density at radius 2 is 1.93 bits per heavy atom. The highest BCUT2D eigenvalue weighted by atomic mass is 32.2. The lowest BCUT2D eigenvalue weighted by Gasteiger charge is -2.21. The van der Waals surface area contributed by atoms with E-state index in [0.717, 1.165) is 25.7 Å². The summed E-state index contributed by atoms with van der Waals surface area (Å²) < 4.78 is 1.65. The van der Waals surface area contributed by atoms with E-state index < -0.39 is 17.2 Å². The van der Waals surface area contributed by atoms with Crippen LogP contribution in [-0.2, 0) is 11.3 Å². The van der Waals surface area contributed by atoms with Crippen LogP contribution >= 0.6 is 11.8 Å². The Kier molecular flexibility index (Phi) is 8.04. The maximum absolute atomic E-state index is 13.0. The third-order valence-corrected chi connectivity index (χ3v) is 5.94. The van der Waals surface area contributed by atoms with Gasteiger partial charge in [0.05, 0.1) is 16.2 Å². The summed E-state index contributed by atoms with van der Waals surface area (Å²) in [5.41, 5.74) is 5.58. The molecule has 0 aliphatic rings. The number of nitrogens with zero attached hydrogens (tertiary/aromatic N) is 2. The van der Waals surface area contributed by atoms with Crippen LogP contribution in [0.1, 0.15) is 46.5 Å². The molecular weight excluding hydrogens is 376 g/mol. The molecule has 2 rings (SSSR count). The molecule has 7 nitrogen and oxygen atoms in total. The van der Waals surface area contributed by atoms with E-state index in [0.29, 0.717) is 22.6 Å². The van der Waals surface area contributed by atoms with Gasteiger partial charge in [-0.1, -0.05) is 63.9 Å². The van der Waals surface area contributed by atoms with Gasteiger partial charge < -0.3 is 5.73 Å². The van der Waals surface area contributed by atoms with Crippen molar-refractivity contribution in [3.8, 4) is 0 Å². The molecule has 0 spiro atoms. The van der Waals surface area contributed by atoms with Gasteiger partial charge in [0.15, 0.2) is 5.16 Å². The standard InChI is InChI=1S/C20H28N4O3S/c1-4-5-6-9-12-24-18(26)14-10-7-8-11-15(14)22-20(24)28-16(13(2)3)17(25)23-19(21)27/h7-8,10-11,13,16H,4-6,9,12H2,1-3H3,(H3,21,23,25,27). The fraction of sp³-hybridized carbons (Fsp3) is 0.500. The van der Waals surface area contributed by atoms with Gasteiger partial charge in [0.1, 0.15) is 0 Å². The lowest BCUT2D eigenvalue weighted by molar-refractivity contribution is -0.120. The van der Waals surface area contributed by atoms with Crippen LogP contribution < -0.4 is 16.6 Å². The van der Waals surface area contributed by atoms with Crippen LogP contribution in [0, 0.1) is 5.92 Å². The number of fused-ring (bicyclic) bond motifs is 1. The van der Waals surface area contributed by atoms with Crippen molar-refractivity contribution >= 4 is 34.6 Å². The normalized spacial score (nSPS) is 12.3. The van der Waals surface area contributed by atoms with Crippen LogP contribution in [0.4, 0.5) is 4.79 Å². The lowest BCUT2D eigenvalue weighted by Crippen LogP contribution is -2.42. The number of imide groups is 1. The molecule has 1 atom stereocenters. The molecule has 0 aliphatic heterocycles. The van der Waals surface area contributed by atoms with Gasteiger partial charge in [0.25, 0.3) is 5.56 Å². The van der Waals surface area contributed by atoms with Gasteiger partial charge >= 0.3 is 6.03 Å². The third-order valence-electron chi connectivity index (χ3n) is 4.40. The molecule has 8 heteroatoms. The van der Waals surface area contributed by atoms with E-state index >= 15 is 0 Å². The maximum atomic E-state index is 13.0. The lowest BCUT2D eigenvalue weighted by atomic mass is 10.1. The highest BCUT2D eigenvalue weighted by molar-refractivity contribution is 8.00. The second-order valence-corrected chi connectivity index (χ2v) is 8.17. The van der Waals surface area contributed by atoms with Crippen molar-refractivity contribution in [2.45, 2.75) is 63.4 Å². The van der Waals surface area contributed by atoms with Crippen LogP contribution in [0.2, 0.25) is 0 Å². The largest absolute Gasteiger partial charge is 0.351 e. The van der Waals surface area contributed by atoms with E-state index in [1.807, 2.05) is 26.0 Å². The minimum atomic E-state index is -0.889. The molecule has 0 bridgehead atoms. The molecule has 2 aromatic rings.